The van der Waals surface area contributed by atoms with Crippen molar-refractivity contribution < 1.29 is 22.7 Å². The molecule has 0 aliphatic carbocycles. The van der Waals surface area contributed by atoms with Gasteiger partial charge in [-0.25, -0.2) is 13.2 Å². The molecule has 2 rings (SSSR count). The van der Waals surface area contributed by atoms with Crippen LogP contribution in [0.25, 0.3) is 0 Å². The summed E-state index contributed by atoms with van der Waals surface area (Å²) in [6, 6.07) is 6.12. The van der Waals surface area contributed by atoms with E-state index in [0.717, 1.165) is 6.42 Å². The molecule has 1 aliphatic heterocycles. The number of esters is 1. The van der Waals surface area contributed by atoms with Gasteiger partial charge in [0.1, 0.15) is 0 Å². The van der Waals surface area contributed by atoms with E-state index in [1.54, 1.807) is 12.1 Å². The molecule has 1 atom stereocenters. The Bertz CT molecular complexity index is 755. The summed E-state index contributed by atoms with van der Waals surface area (Å²) in [5, 5.41) is 2.95. The number of nitrogens with one attached hydrogen (secondary N) is 1. The summed E-state index contributed by atoms with van der Waals surface area (Å²) in [6.07, 6.45) is 1.77. The topological polar surface area (TPSA) is 92.8 Å². The number of nitrogens with zero attached hydrogens (tertiary/aromatic N) is 1. The fraction of sp³-hybridized carbons (Fsp3) is 0.556. The number of piperidine rings is 1. The summed E-state index contributed by atoms with van der Waals surface area (Å²) in [5.41, 5.74) is 0.0200. The van der Waals surface area contributed by atoms with E-state index in [2.05, 4.69) is 10.1 Å². The SMILES string of the molecule is CC[C@H](C)NC(=O)C1CCN(S(=O)(=O)c2ccccc2C(=O)OC)CC1. The minimum absolute atomic E-state index is 0.0200. The van der Waals surface area contributed by atoms with Crippen LogP contribution in [0.2, 0.25) is 0 Å². The predicted octanol–water partition coefficient (Wildman–Crippen LogP) is 1.79. The van der Waals surface area contributed by atoms with Crippen LogP contribution >= 0.6 is 0 Å². The molecule has 0 saturated carbocycles. The maximum absolute atomic E-state index is 12.9. The fourth-order valence-electron chi connectivity index (χ4n) is 2.93. The predicted molar refractivity (Wildman–Crippen MR) is 97.2 cm³/mol. The Morgan fingerprint density at radius 2 is 1.88 bits per heavy atom. The first-order valence-electron chi connectivity index (χ1n) is 8.79. The third-order valence-corrected chi connectivity index (χ3v) is 6.69. The molecule has 7 nitrogen and oxygen atoms in total. The summed E-state index contributed by atoms with van der Waals surface area (Å²) in [4.78, 5) is 24.1. The highest BCUT2D eigenvalue weighted by atomic mass is 32.2. The second-order valence-electron chi connectivity index (χ2n) is 6.48. The number of hydrogen-bond donors (Lipinski definition) is 1. The maximum Gasteiger partial charge on any atom is 0.339 e. The summed E-state index contributed by atoms with van der Waals surface area (Å²) in [7, 11) is -2.61. The average molecular weight is 382 g/mol. The van der Waals surface area contributed by atoms with Crippen LogP contribution in [0.15, 0.2) is 29.2 Å². The molecule has 144 valence electrons. The van der Waals surface area contributed by atoms with Crippen molar-refractivity contribution >= 4 is 21.9 Å². The van der Waals surface area contributed by atoms with Crippen molar-refractivity contribution in [3.8, 4) is 0 Å². The lowest BCUT2D eigenvalue weighted by Crippen LogP contribution is -2.44. The smallest absolute Gasteiger partial charge is 0.339 e. The highest BCUT2D eigenvalue weighted by Crippen LogP contribution is 2.26. The zero-order chi connectivity index (χ0) is 19.3. The van der Waals surface area contributed by atoms with Gasteiger partial charge in [0.2, 0.25) is 15.9 Å². The molecule has 0 radical (unpaired) electrons. The van der Waals surface area contributed by atoms with Crippen LogP contribution in [0.4, 0.5) is 0 Å². The molecule has 1 aromatic carbocycles. The van der Waals surface area contributed by atoms with Gasteiger partial charge in [0.15, 0.2) is 0 Å². The summed E-state index contributed by atoms with van der Waals surface area (Å²) in [5.74, 6) is -0.898. The van der Waals surface area contributed by atoms with Crippen LogP contribution in [-0.4, -0.2) is 50.8 Å². The Morgan fingerprint density at radius 1 is 1.27 bits per heavy atom. The summed E-state index contributed by atoms with van der Waals surface area (Å²) >= 11 is 0. The Kier molecular flexibility index (Phi) is 6.77. The number of carbonyl (C=O) groups excluding carboxylic acids is 2. The van der Waals surface area contributed by atoms with Crippen molar-refractivity contribution in [1.82, 2.24) is 9.62 Å². The van der Waals surface area contributed by atoms with Gasteiger partial charge in [-0.05, 0) is 38.3 Å². The number of sulfonamides is 1. The summed E-state index contributed by atoms with van der Waals surface area (Å²) < 4.78 is 31.9. The molecule has 0 bridgehead atoms. The first kappa shape index (κ1) is 20.4. The number of ether oxygens (including phenoxy) is 1. The fourth-order valence-corrected chi connectivity index (χ4v) is 4.58. The van der Waals surface area contributed by atoms with E-state index in [1.807, 2.05) is 13.8 Å². The normalized spacial score (nSPS) is 17.5. The van der Waals surface area contributed by atoms with E-state index in [1.165, 1.54) is 23.5 Å². The number of amides is 1. The lowest BCUT2D eigenvalue weighted by Gasteiger charge is -2.31. The molecule has 0 spiro atoms. The Labute approximate surface area is 154 Å². The summed E-state index contributed by atoms with van der Waals surface area (Å²) in [6.45, 7) is 4.44. The minimum atomic E-state index is -3.82. The van der Waals surface area contributed by atoms with Gasteiger partial charge in [0.05, 0.1) is 17.6 Å². The van der Waals surface area contributed by atoms with Gasteiger partial charge < -0.3 is 10.1 Å². The van der Waals surface area contributed by atoms with E-state index >= 15 is 0 Å². The first-order chi connectivity index (χ1) is 12.3. The molecule has 8 heteroatoms. The highest BCUT2D eigenvalue weighted by molar-refractivity contribution is 7.89. The van der Waals surface area contributed by atoms with Crippen molar-refractivity contribution in [3.63, 3.8) is 0 Å². The molecular formula is C18H26N2O5S. The Morgan fingerprint density at radius 3 is 2.46 bits per heavy atom. The zero-order valence-corrected chi connectivity index (χ0v) is 16.2. The van der Waals surface area contributed by atoms with Crippen LogP contribution in [0.3, 0.4) is 0 Å². The molecule has 0 unspecified atom stereocenters. The van der Waals surface area contributed by atoms with Crippen molar-refractivity contribution in [3.05, 3.63) is 29.8 Å². The van der Waals surface area contributed by atoms with Crippen molar-refractivity contribution in [2.75, 3.05) is 20.2 Å². The Hall–Kier alpha value is -1.93. The second kappa shape index (κ2) is 8.64. The van der Waals surface area contributed by atoms with Crippen LogP contribution in [0.1, 0.15) is 43.5 Å². The molecule has 0 aromatic heterocycles. The van der Waals surface area contributed by atoms with Gasteiger partial charge >= 0.3 is 5.97 Å². The molecule has 1 saturated heterocycles. The molecule has 1 aromatic rings. The van der Waals surface area contributed by atoms with Crippen LogP contribution in [-0.2, 0) is 19.6 Å². The minimum Gasteiger partial charge on any atom is -0.465 e. The van der Waals surface area contributed by atoms with E-state index in [4.69, 9.17) is 0 Å². The van der Waals surface area contributed by atoms with Crippen LogP contribution in [0.5, 0.6) is 0 Å². The van der Waals surface area contributed by atoms with Gasteiger partial charge in [-0.1, -0.05) is 19.1 Å². The van der Waals surface area contributed by atoms with Gasteiger partial charge in [-0.15, -0.1) is 0 Å². The number of benzene rings is 1. The quantitative estimate of drug-likeness (QED) is 0.757. The molecule has 1 N–H and O–H groups in total. The van der Waals surface area contributed by atoms with Crippen molar-refractivity contribution in [2.24, 2.45) is 5.92 Å². The number of hydrogen-bond acceptors (Lipinski definition) is 5. The van der Waals surface area contributed by atoms with E-state index in [-0.39, 0.29) is 41.4 Å². The maximum atomic E-state index is 12.9. The molecule has 26 heavy (non-hydrogen) atoms. The monoisotopic (exact) mass is 382 g/mol. The van der Waals surface area contributed by atoms with E-state index in [0.29, 0.717) is 12.8 Å². The zero-order valence-electron chi connectivity index (χ0n) is 15.4. The lowest BCUT2D eigenvalue weighted by molar-refractivity contribution is -0.126. The van der Waals surface area contributed by atoms with Crippen molar-refractivity contribution in [1.29, 1.82) is 0 Å². The largest absolute Gasteiger partial charge is 0.465 e. The van der Waals surface area contributed by atoms with Crippen LogP contribution < -0.4 is 5.32 Å². The van der Waals surface area contributed by atoms with Gasteiger partial charge in [0.25, 0.3) is 0 Å². The van der Waals surface area contributed by atoms with Gasteiger partial charge in [-0.2, -0.15) is 4.31 Å². The molecular weight excluding hydrogens is 356 g/mol. The van der Waals surface area contributed by atoms with E-state index in [9.17, 15) is 18.0 Å². The van der Waals surface area contributed by atoms with Crippen LogP contribution in [0, 0.1) is 5.92 Å². The molecule has 1 fully saturated rings. The van der Waals surface area contributed by atoms with E-state index < -0.39 is 16.0 Å². The van der Waals surface area contributed by atoms with Gasteiger partial charge in [-0.3, -0.25) is 4.79 Å². The number of rotatable bonds is 6. The number of methoxy groups -OCH3 is 1. The molecule has 1 amide bonds. The highest BCUT2D eigenvalue weighted by Gasteiger charge is 2.34. The number of carbonyl (C=O) groups is 2. The molecule has 1 aliphatic rings. The molecule has 1 heterocycles. The standard InChI is InChI=1S/C18H26N2O5S/c1-4-13(2)19-17(21)14-9-11-20(12-10-14)26(23,24)16-8-6-5-7-15(16)18(22)25-3/h5-8,13-14H,4,9-12H2,1-3H3,(H,19,21)/t13-/m0/s1. The first-order valence-corrected chi connectivity index (χ1v) is 10.2. The second-order valence-corrected chi connectivity index (χ2v) is 8.39. The third-order valence-electron chi connectivity index (χ3n) is 4.74. The van der Waals surface area contributed by atoms with Crippen molar-refractivity contribution in [2.45, 2.75) is 44.0 Å². The lowest BCUT2D eigenvalue weighted by atomic mass is 9.97. The van der Waals surface area contributed by atoms with Gasteiger partial charge in [0, 0.05) is 25.0 Å². The average Bonchev–Trinajstić information content (AvgIpc) is 2.67. The third kappa shape index (κ3) is 4.42. The Balaban J connectivity index is 2.12.